The van der Waals surface area contributed by atoms with Crippen molar-refractivity contribution in [2.45, 2.75) is 95.2 Å². The van der Waals surface area contributed by atoms with Crippen LogP contribution in [0.3, 0.4) is 0 Å². The average molecular weight is 524 g/mol. The van der Waals surface area contributed by atoms with Gasteiger partial charge in [-0.15, -0.1) is 0 Å². The molecular formula is C27H39F2N3O5. The van der Waals surface area contributed by atoms with E-state index in [4.69, 9.17) is 19.9 Å². The molecule has 2 N–H and O–H groups in total. The van der Waals surface area contributed by atoms with Gasteiger partial charge in [0.25, 0.3) is 5.92 Å². The maximum atomic E-state index is 13.0. The maximum Gasteiger partial charge on any atom is 0.410 e. The molecule has 0 spiro atoms. The van der Waals surface area contributed by atoms with Gasteiger partial charge in [-0.05, 0) is 76.5 Å². The molecule has 1 aromatic carbocycles. The van der Waals surface area contributed by atoms with Gasteiger partial charge in [0, 0.05) is 13.1 Å². The van der Waals surface area contributed by atoms with Crippen LogP contribution in [0, 0.1) is 0 Å². The Hall–Kier alpha value is -2.46. The first-order chi connectivity index (χ1) is 17.6. The molecule has 1 aliphatic carbocycles. The van der Waals surface area contributed by atoms with Crippen molar-refractivity contribution in [2.75, 3.05) is 26.2 Å². The first-order valence-electron chi connectivity index (χ1n) is 13.4. The fraction of sp³-hybridized carbons (Fsp3) is 0.704. The van der Waals surface area contributed by atoms with Crippen LogP contribution < -0.4 is 10.5 Å². The predicted octanol–water partition coefficient (Wildman–Crippen LogP) is 3.75. The molecule has 0 radical (unpaired) electrons. The van der Waals surface area contributed by atoms with Crippen molar-refractivity contribution in [3.8, 4) is 5.75 Å². The van der Waals surface area contributed by atoms with Gasteiger partial charge in [0.05, 0.1) is 43.5 Å². The number of piperidine rings is 1. The Morgan fingerprint density at radius 2 is 1.51 bits per heavy atom. The number of likely N-dealkylation sites (tertiary alicyclic amines) is 2. The Labute approximate surface area is 217 Å². The molecule has 8 nitrogen and oxygen atoms in total. The number of amides is 2. The lowest BCUT2D eigenvalue weighted by Gasteiger charge is -2.39. The van der Waals surface area contributed by atoms with Gasteiger partial charge in [-0.2, -0.15) is 0 Å². The topological polar surface area (TPSA) is 94.3 Å². The van der Waals surface area contributed by atoms with E-state index in [0.717, 1.165) is 54.7 Å². The number of rotatable bonds is 8. The highest BCUT2D eigenvalue weighted by molar-refractivity contribution is 5.83. The van der Waals surface area contributed by atoms with Crippen LogP contribution in [0.1, 0.15) is 57.9 Å². The van der Waals surface area contributed by atoms with Crippen LogP contribution >= 0.6 is 0 Å². The molecule has 3 aliphatic rings. The number of hydrogen-bond acceptors (Lipinski definition) is 6. The molecule has 2 amide bonds. The van der Waals surface area contributed by atoms with E-state index in [1.54, 1.807) is 4.90 Å². The Morgan fingerprint density at radius 1 is 0.946 bits per heavy atom. The summed E-state index contributed by atoms with van der Waals surface area (Å²) in [6.45, 7) is 3.94. The predicted molar refractivity (Wildman–Crippen MR) is 134 cm³/mol. The van der Waals surface area contributed by atoms with Crippen molar-refractivity contribution in [1.29, 1.82) is 0 Å². The molecule has 0 unspecified atom stereocenters. The molecule has 1 saturated carbocycles. The number of hydrogen-bond donors (Lipinski definition) is 1. The number of ether oxygens (including phenoxy) is 3. The second-order valence-electron chi connectivity index (χ2n) is 10.8. The van der Waals surface area contributed by atoms with E-state index in [-0.39, 0.29) is 30.5 Å². The number of nitrogens with zero attached hydrogens (tertiary/aromatic N) is 2. The molecule has 1 atom stereocenters. The third-order valence-electron chi connectivity index (χ3n) is 7.20. The Kier molecular flexibility index (Phi) is 8.90. The summed E-state index contributed by atoms with van der Waals surface area (Å²) >= 11 is 0. The van der Waals surface area contributed by atoms with Crippen LogP contribution in [0.25, 0.3) is 0 Å². The lowest BCUT2D eigenvalue weighted by molar-refractivity contribution is -0.166. The van der Waals surface area contributed by atoms with E-state index in [1.165, 1.54) is 0 Å². The van der Waals surface area contributed by atoms with Crippen molar-refractivity contribution in [2.24, 2.45) is 5.73 Å². The van der Waals surface area contributed by atoms with E-state index in [1.807, 2.05) is 38.1 Å². The fourth-order valence-corrected chi connectivity index (χ4v) is 5.15. The molecule has 2 saturated heterocycles. The first kappa shape index (κ1) is 27.6. The van der Waals surface area contributed by atoms with E-state index in [9.17, 15) is 18.4 Å². The van der Waals surface area contributed by atoms with Crippen LogP contribution in [0.4, 0.5) is 13.6 Å². The summed E-state index contributed by atoms with van der Waals surface area (Å²) in [5.74, 6) is -2.47. The number of carbonyl (C=O) groups is 2. The zero-order valence-electron chi connectivity index (χ0n) is 21.7. The molecule has 2 heterocycles. The number of alkyl halides is 2. The lowest BCUT2D eigenvalue weighted by atomic mass is 9.94. The maximum absolute atomic E-state index is 13.0. The molecule has 206 valence electrons. The smallest absolute Gasteiger partial charge is 0.410 e. The summed E-state index contributed by atoms with van der Waals surface area (Å²) in [5, 5.41) is 0. The average Bonchev–Trinajstić information content (AvgIpc) is 2.84. The summed E-state index contributed by atoms with van der Waals surface area (Å²) in [4.78, 5) is 27.1. The van der Waals surface area contributed by atoms with E-state index >= 15 is 0 Å². The van der Waals surface area contributed by atoms with Crippen LogP contribution in [0.15, 0.2) is 24.3 Å². The molecule has 10 heteroatoms. The summed E-state index contributed by atoms with van der Waals surface area (Å²) in [7, 11) is 0. The Bertz CT molecular complexity index is 905. The van der Waals surface area contributed by atoms with Gasteiger partial charge in [0.2, 0.25) is 5.91 Å². The van der Waals surface area contributed by atoms with E-state index in [0.29, 0.717) is 19.5 Å². The Balaban J connectivity index is 1.13. The van der Waals surface area contributed by atoms with Gasteiger partial charge in [-0.25, -0.2) is 13.6 Å². The van der Waals surface area contributed by atoms with Crippen LogP contribution in [0.2, 0.25) is 0 Å². The number of carbonyl (C=O) groups excluding carboxylic acids is 2. The Morgan fingerprint density at radius 3 is 2.08 bits per heavy atom. The third-order valence-corrected chi connectivity index (χ3v) is 7.20. The fourth-order valence-electron chi connectivity index (χ4n) is 5.15. The third kappa shape index (κ3) is 7.77. The monoisotopic (exact) mass is 523 g/mol. The highest BCUT2D eigenvalue weighted by atomic mass is 19.3. The SMILES string of the molecule is CC(C)OC(=O)N1CCC(O[C@H]2CC[C@H](Oc3ccc(C[C@H](N)C(=O)N4CC(F)(F)C4)cc3)CC2)CC1. The molecular weight excluding hydrogens is 484 g/mol. The van der Waals surface area contributed by atoms with E-state index in [2.05, 4.69) is 0 Å². The molecule has 4 rings (SSSR count). The van der Waals surface area contributed by atoms with Crippen LogP contribution in [0.5, 0.6) is 5.75 Å². The largest absolute Gasteiger partial charge is 0.490 e. The van der Waals surface area contributed by atoms with Gasteiger partial charge in [0.1, 0.15) is 5.75 Å². The molecule has 2 aliphatic heterocycles. The summed E-state index contributed by atoms with van der Waals surface area (Å²) < 4.78 is 43.8. The molecule has 0 aromatic heterocycles. The lowest BCUT2D eigenvalue weighted by Crippen LogP contribution is -2.62. The summed E-state index contributed by atoms with van der Waals surface area (Å²) in [6.07, 6.45) is 5.80. The number of nitrogens with two attached hydrogens (primary N) is 1. The normalized spacial score (nSPS) is 24.9. The highest BCUT2D eigenvalue weighted by Gasteiger charge is 2.47. The van der Waals surface area contributed by atoms with Gasteiger partial charge < -0.3 is 29.7 Å². The highest BCUT2D eigenvalue weighted by Crippen LogP contribution is 2.29. The quantitative estimate of drug-likeness (QED) is 0.558. The van der Waals surface area contributed by atoms with Gasteiger partial charge in [-0.3, -0.25) is 4.79 Å². The van der Waals surface area contributed by atoms with Crippen molar-refractivity contribution >= 4 is 12.0 Å². The van der Waals surface area contributed by atoms with Gasteiger partial charge in [-0.1, -0.05) is 12.1 Å². The molecule has 37 heavy (non-hydrogen) atoms. The molecule has 1 aromatic rings. The van der Waals surface area contributed by atoms with Crippen molar-refractivity contribution < 1.29 is 32.6 Å². The first-order valence-corrected chi connectivity index (χ1v) is 13.4. The van der Waals surface area contributed by atoms with Crippen molar-refractivity contribution in [1.82, 2.24) is 9.80 Å². The minimum Gasteiger partial charge on any atom is -0.490 e. The zero-order chi connectivity index (χ0) is 26.6. The summed E-state index contributed by atoms with van der Waals surface area (Å²) in [5.41, 5.74) is 6.81. The molecule has 0 bridgehead atoms. The van der Waals surface area contributed by atoms with Crippen LogP contribution in [-0.4, -0.2) is 84.4 Å². The number of benzene rings is 1. The van der Waals surface area contributed by atoms with Crippen molar-refractivity contribution in [3.05, 3.63) is 29.8 Å². The summed E-state index contributed by atoms with van der Waals surface area (Å²) in [6, 6.07) is 6.63. The zero-order valence-corrected chi connectivity index (χ0v) is 21.7. The molecule has 3 fully saturated rings. The standard InChI is InChI=1S/C27H39F2N3O5/c1-18(2)35-26(34)31-13-11-23(12-14-31)37-22-9-7-21(8-10-22)36-20-5-3-19(4-6-20)15-24(30)25(33)32-16-27(28,29)17-32/h3-6,18,21-24H,7-17,30H2,1-2H3/t21-,22-,24-/m0/s1. The second-order valence-corrected chi connectivity index (χ2v) is 10.8. The second kappa shape index (κ2) is 11.9. The minimum absolute atomic E-state index is 0.110. The minimum atomic E-state index is -2.79. The van der Waals surface area contributed by atoms with Gasteiger partial charge >= 0.3 is 6.09 Å². The van der Waals surface area contributed by atoms with Crippen LogP contribution in [-0.2, 0) is 20.7 Å². The number of halogens is 2. The van der Waals surface area contributed by atoms with E-state index < -0.39 is 31.0 Å². The van der Waals surface area contributed by atoms with Crippen molar-refractivity contribution in [3.63, 3.8) is 0 Å². The van der Waals surface area contributed by atoms with Gasteiger partial charge in [0.15, 0.2) is 0 Å².